The van der Waals surface area contributed by atoms with Crippen molar-refractivity contribution in [2.45, 2.75) is 6.92 Å². The number of rotatable bonds is 4. The molecule has 0 saturated heterocycles. The summed E-state index contributed by atoms with van der Waals surface area (Å²) >= 11 is 12.0. The predicted molar refractivity (Wildman–Crippen MR) is 95.5 cm³/mol. The van der Waals surface area contributed by atoms with Crippen molar-refractivity contribution in [1.82, 2.24) is 0 Å². The van der Waals surface area contributed by atoms with Gasteiger partial charge in [-0.15, -0.1) is 0 Å². The van der Waals surface area contributed by atoms with E-state index in [2.05, 4.69) is 31.9 Å². The van der Waals surface area contributed by atoms with Gasteiger partial charge in [-0.3, -0.25) is 0 Å². The lowest BCUT2D eigenvalue weighted by molar-refractivity contribution is 0.409. The number of hydrogen-bond acceptors (Lipinski definition) is 3. The third kappa shape index (κ3) is 3.75. The van der Waals surface area contributed by atoms with Crippen LogP contribution in [0.5, 0.6) is 17.2 Å². The number of nitrogens with two attached hydrogens (primary N) is 1. The number of methoxy groups -OCH3 is 1. The van der Waals surface area contributed by atoms with Gasteiger partial charge < -0.3 is 15.2 Å². The summed E-state index contributed by atoms with van der Waals surface area (Å²) in [5.41, 5.74) is 7.51. The van der Waals surface area contributed by atoms with Gasteiger partial charge in [-0.1, -0.05) is 18.3 Å². The number of halogens is 2. The van der Waals surface area contributed by atoms with E-state index in [1.807, 2.05) is 37.3 Å². The van der Waals surface area contributed by atoms with Crippen LogP contribution >= 0.6 is 44.1 Å². The van der Waals surface area contributed by atoms with Crippen LogP contribution in [0.2, 0.25) is 0 Å². The Morgan fingerprint density at radius 1 is 1.05 bits per heavy atom. The summed E-state index contributed by atoms with van der Waals surface area (Å²) in [6.07, 6.45) is 0. The third-order valence-electron chi connectivity index (χ3n) is 2.83. The molecule has 2 N–H and O–H groups in total. The fraction of sp³-hybridized carbons (Fsp3) is 0.133. The number of hydrogen-bond donors (Lipinski definition) is 1. The van der Waals surface area contributed by atoms with Crippen LogP contribution in [0.15, 0.2) is 39.3 Å². The van der Waals surface area contributed by atoms with Gasteiger partial charge in [0.1, 0.15) is 22.2 Å². The standard InChI is InChI=1S/C15H13Br2NO2S/c1-8-3-4-9(15(18)21)12(5-8)20-14-7-10(16)13(19-2)6-11(14)17/h3-7H,1-2H3,(H2,18,21). The molecule has 0 amide bonds. The third-order valence-corrected chi connectivity index (χ3v) is 4.29. The number of thiocarbonyl (C=S) groups is 1. The highest BCUT2D eigenvalue weighted by molar-refractivity contribution is 9.11. The molecule has 0 bridgehead atoms. The lowest BCUT2D eigenvalue weighted by Crippen LogP contribution is -2.10. The lowest BCUT2D eigenvalue weighted by atomic mass is 10.1. The number of aryl methyl sites for hydroxylation is 1. The van der Waals surface area contributed by atoms with E-state index in [4.69, 9.17) is 27.4 Å². The Bertz CT molecular complexity index is 704. The lowest BCUT2D eigenvalue weighted by Gasteiger charge is -2.14. The molecule has 2 aromatic carbocycles. The van der Waals surface area contributed by atoms with Crippen LogP contribution in [0.1, 0.15) is 11.1 Å². The van der Waals surface area contributed by atoms with Gasteiger partial charge >= 0.3 is 0 Å². The average Bonchev–Trinajstić information content (AvgIpc) is 2.42. The van der Waals surface area contributed by atoms with E-state index in [0.29, 0.717) is 27.8 Å². The van der Waals surface area contributed by atoms with E-state index < -0.39 is 0 Å². The summed E-state index contributed by atoms with van der Waals surface area (Å²) in [4.78, 5) is 0.300. The van der Waals surface area contributed by atoms with E-state index in [9.17, 15) is 0 Å². The van der Waals surface area contributed by atoms with Gasteiger partial charge in [-0.2, -0.15) is 0 Å². The highest BCUT2D eigenvalue weighted by Crippen LogP contribution is 2.39. The second kappa shape index (κ2) is 6.77. The van der Waals surface area contributed by atoms with Crippen molar-refractivity contribution in [2.75, 3.05) is 7.11 Å². The van der Waals surface area contributed by atoms with E-state index in [-0.39, 0.29) is 0 Å². The zero-order valence-corrected chi connectivity index (χ0v) is 15.4. The Hall–Kier alpha value is -1.11. The fourth-order valence-corrected chi connectivity index (χ4v) is 2.84. The first-order valence-corrected chi connectivity index (χ1v) is 8.03. The summed E-state index contributed by atoms with van der Waals surface area (Å²) in [6, 6.07) is 9.36. The minimum atomic E-state index is 0.300. The molecule has 0 aliphatic carbocycles. The molecule has 110 valence electrons. The Balaban J connectivity index is 2.45. The largest absolute Gasteiger partial charge is 0.496 e. The van der Waals surface area contributed by atoms with Crippen LogP contribution in [0.3, 0.4) is 0 Å². The second-order valence-electron chi connectivity index (χ2n) is 4.38. The molecule has 0 radical (unpaired) electrons. The zero-order valence-electron chi connectivity index (χ0n) is 11.4. The van der Waals surface area contributed by atoms with Crippen LogP contribution in [0.25, 0.3) is 0 Å². The van der Waals surface area contributed by atoms with Gasteiger partial charge in [0.05, 0.1) is 21.6 Å². The maximum absolute atomic E-state index is 5.96. The van der Waals surface area contributed by atoms with Crippen LogP contribution in [-0.2, 0) is 0 Å². The normalized spacial score (nSPS) is 10.3. The van der Waals surface area contributed by atoms with E-state index in [1.54, 1.807) is 7.11 Å². The fourth-order valence-electron chi connectivity index (χ4n) is 1.78. The first-order chi connectivity index (χ1) is 9.92. The predicted octanol–water partition coefficient (Wildman–Crippen LogP) is 4.96. The second-order valence-corrected chi connectivity index (χ2v) is 6.53. The van der Waals surface area contributed by atoms with Crippen molar-refractivity contribution < 1.29 is 9.47 Å². The Morgan fingerprint density at radius 3 is 2.29 bits per heavy atom. The monoisotopic (exact) mass is 429 g/mol. The van der Waals surface area contributed by atoms with Crippen molar-refractivity contribution >= 4 is 49.1 Å². The summed E-state index contributed by atoms with van der Waals surface area (Å²) in [5.74, 6) is 1.99. The highest BCUT2D eigenvalue weighted by atomic mass is 79.9. The van der Waals surface area contributed by atoms with Gasteiger partial charge in [0, 0.05) is 0 Å². The SMILES string of the molecule is COc1cc(Br)c(Oc2cc(C)ccc2C(N)=S)cc1Br. The van der Waals surface area contributed by atoms with Crippen molar-refractivity contribution in [3.05, 3.63) is 50.4 Å². The first-order valence-electron chi connectivity index (χ1n) is 6.03. The molecule has 2 aromatic rings. The molecule has 0 saturated carbocycles. The van der Waals surface area contributed by atoms with E-state index in [1.165, 1.54) is 0 Å². The molecule has 0 fully saturated rings. The van der Waals surface area contributed by atoms with Crippen LogP contribution in [-0.4, -0.2) is 12.1 Å². The maximum atomic E-state index is 5.96. The molecular weight excluding hydrogens is 418 g/mol. The van der Waals surface area contributed by atoms with Crippen LogP contribution < -0.4 is 15.2 Å². The van der Waals surface area contributed by atoms with Gasteiger partial charge in [-0.25, -0.2) is 0 Å². The van der Waals surface area contributed by atoms with Crippen molar-refractivity contribution in [2.24, 2.45) is 5.73 Å². The quantitative estimate of drug-likeness (QED) is 0.696. The van der Waals surface area contributed by atoms with E-state index >= 15 is 0 Å². The Labute approximate surface area is 145 Å². The van der Waals surface area contributed by atoms with Gasteiger partial charge in [0.15, 0.2) is 0 Å². The molecular formula is C15H13Br2NO2S. The smallest absolute Gasteiger partial charge is 0.143 e. The molecule has 0 aliphatic heterocycles. The number of ether oxygens (including phenoxy) is 2. The zero-order chi connectivity index (χ0) is 15.6. The molecule has 0 spiro atoms. The van der Waals surface area contributed by atoms with Gasteiger partial charge in [0.2, 0.25) is 0 Å². The van der Waals surface area contributed by atoms with Crippen molar-refractivity contribution in [3.63, 3.8) is 0 Å². The molecule has 0 aromatic heterocycles. The molecule has 0 atom stereocenters. The minimum absolute atomic E-state index is 0.300. The topological polar surface area (TPSA) is 44.5 Å². The Morgan fingerprint density at radius 2 is 1.67 bits per heavy atom. The molecule has 0 aliphatic rings. The molecule has 3 nitrogen and oxygen atoms in total. The average molecular weight is 431 g/mol. The summed E-state index contributed by atoms with van der Waals surface area (Å²) in [5, 5.41) is 0. The van der Waals surface area contributed by atoms with Crippen molar-refractivity contribution in [3.8, 4) is 17.2 Å². The van der Waals surface area contributed by atoms with Gasteiger partial charge in [0.25, 0.3) is 0 Å². The first kappa shape index (κ1) is 16.3. The summed E-state index contributed by atoms with van der Waals surface area (Å²) in [6.45, 7) is 1.98. The minimum Gasteiger partial charge on any atom is -0.496 e. The molecule has 0 heterocycles. The van der Waals surface area contributed by atoms with E-state index in [0.717, 1.165) is 14.5 Å². The molecule has 2 rings (SSSR count). The Kier molecular flexibility index (Phi) is 5.24. The van der Waals surface area contributed by atoms with Crippen molar-refractivity contribution in [1.29, 1.82) is 0 Å². The van der Waals surface area contributed by atoms with Gasteiger partial charge in [-0.05, 0) is 68.6 Å². The molecule has 21 heavy (non-hydrogen) atoms. The maximum Gasteiger partial charge on any atom is 0.143 e. The summed E-state index contributed by atoms with van der Waals surface area (Å²) in [7, 11) is 1.61. The molecule has 6 heteroatoms. The van der Waals surface area contributed by atoms with Crippen LogP contribution in [0.4, 0.5) is 0 Å². The summed E-state index contributed by atoms with van der Waals surface area (Å²) < 4.78 is 12.8. The molecule has 0 unspecified atom stereocenters. The van der Waals surface area contributed by atoms with Crippen LogP contribution in [0, 0.1) is 6.92 Å². The number of benzene rings is 2. The highest BCUT2D eigenvalue weighted by Gasteiger charge is 2.13.